The number of aromatic nitrogens is 3. The first kappa shape index (κ1) is 19.4. The minimum absolute atomic E-state index is 0.186. The first-order valence-corrected chi connectivity index (χ1v) is 8.45. The van der Waals surface area contributed by atoms with Gasteiger partial charge in [0.05, 0.1) is 18.9 Å². The third-order valence-electron chi connectivity index (χ3n) is 3.88. The molecule has 2 aromatic carbocycles. The first-order chi connectivity index (χ1) is 13.4. The second kappa shape index (κ2) is 8.55. The van der Waals surface area contributed by atoms with E-state index in [1.54, 1.807) is 7.11 Å². The number of anilines is 3. The van der Waals surface area contributed by atoms with E-state index in [4.69, 9.17) is 4.74 Å². The molecule has 28 heavy (non-hydrogen) atoms. The molecule has 0 saturated carbocycles. The molecular weight excluding hydrogens is 371 g/mol. The summed E-state index contributed by atoms with van der Waals surface area (Å²) in [4.78, 5) is 4.26. The van der Waals surface area contributed by atoms with E-state index in [2.05, 4.69) is 25.8 Å². The van der Waals surface area contributed by atoms with Crippen molar-refractivity contribution in [3.8, 4) is 5.75 Å². The number of rotatable bonds is 7. The summed E-state index contributed by atoms with van der Waals surface area (Å²) in [5.74, 6) is 1.49. The van der Waals surface area contributed by atoms with Crippen molar-refractivity contribution in [3.05, 3.63) is 65.9 Å². The van der Waals surface area contributed by atoms with E-state index in [9.17, 15) is 13.2 Å². The van der Waals surface area contributed by atoms with Gasteiger partial charge in [-0.25, -0.2) is 0 Å². The van der Waals surface area contributed by atoms with Crippen LogP contribution in [0.15, 0.2) is 54.7 Å². The van der Waals surface area contributed by atoms with Gasteiger partial charge in [-0.1, -0.05) is 12.1 Å². The van der Waals surface area contributed by atoms with Crippen molar-refractivity contribution in [2.24, 2.45) is 0 Å². The highest BCUT2D eigenvalue weighted by atomic mass is 19.4. The molecule has 0 fully saturated rings. The second-order valence-corrected chi connectivity index (χ2v) is 5.89. The SMILES string of the molecule is COc1cccc(CCNc2cnnc(Nc3ccc(C(F)(F)F)cc3)n2)c1. The number of halogens is 3. The molecule has 0 atom stereocenters. The number of nitrogens with one attached hydrogen (secondary N) is 2. The van der Waals surface area contributed by atoms with Gasteiger partial charge < -0.3 is 15.4 Å². The van der Waals surface area contributed by atoms with Gasteiger partial charge in [-0.2, -0.15) is 23.3 Å². The lowest BCUT2D eigenvalue weighted by atomic mass is 10.1. The maximum absolute atomic E-state index is 12.6. The molecule has 0 aliphatic rings. The Morgan fingerprint density at radius 2 is 1.86 bits per heavy atom. The van der Waals surface area contributed by atoms with Gasteiger partial charge in [-0.05, 0) is 48.4 Å². The van der Waals surface area contributed by atoms with Gasteiger partial charge in [0, 0.05) is 12.2 Å². The van der Waals surface area contributed by atoms with Gasteiger partial charge in [0.1, 0.15) is 5.75 Å². The Morgan fingerprint density at radius 3 is 2.57 bits per heavy atom. The molecular formula is C19H18F3N5O. The van der Waals surface area contributed by atoms with Gasteiger partial charge in [-0.15, -0.1) is 5.10 Å². The van der Waals surface area contributed by atoms with Crippen LogP contribution in [0.4, 0.5) is 30.6 Å². The molecule has 2 N–H and O–H groups in total. The van der Waals surface area contributed by atoms with Crippen LogP contribution in [0, 0.1) is 0 Å². The maximum atomic E-state index is 12.6. The number of benzene rings is 2. The van der Waals surface area contributed by atoms with Crippen LogP contribution >= 0.6 is 0 Å². The minimum Gasteiger partial charge on any atom is -0.497 e. The Hall–Kier alpha value is -3.36. The van der Waals surface area contributed by atoms with Gasteiger partial charge in [-0.3, -0.25) is 0 Å². The topological polar surface area (TPSA) is 72.0 Å². The molecule has 9 heteroatoms. The van der Waals surface area contributed by atoms with E-state index < -0.39 is 11.7 Å². The van der Waals surface area contributed by atoms with Crippen molar-refractivity contribution < 1.29 is 17.9 Å². The predicted octanol–water partition coefficient (Wildman–Crippen LogP) is 4.30. The third kappa shape index (κ3) is 5.32. The van der Waals surface area contributed by atoms with Crippen LogP contribution in [0.25, 0.3) is 0 Å². The molecule has 3 aromatic rings. The number of hydrogen-bond acceptors (Lipinski definition) is 6. The molecule has 0 aliphatic heterocycles. The number of nitrogens with zero attached hydrogens (tertiary/aromatic N) is 3. The molecule has 0 unspecified atom stereocenters. The molecule has 0 amide bonds. The summed E-state index contributed by atoms with van der Waals surface area (Å²) in [6.07, 6.45) is -2.14. The first-order valence-electron chi connectivity index (χ1n) is 8.45. The molecule has 0 saturated heterocycles. The molecule has 1 aromatic heterocycles. The van der Waals surface area contributed by atoms with Gasteiger partial charge in [0.15, 0.2) is 5.82 Å². The standard InChI is InChI=1S/C19H18F3N5O/c1-28-16-4-2-3-13(11-16)9-10-23-17-12-24-27-18(26-17)25-15-7-5-14(6-8-15)19(20,21)22/h2-8,11-12H,9-10H2,1H3,(H2,23,25,26,27). The van der Waals surface area contributed by atoms with Crippen molar-refractivity contribution in [3.63, 3.8) is 0 Å². The summed E-state index contributed by atoms with van der Waals surface area (Å²) in [7, 11) is 1.62. The summed E-state index contributed by atoms with van der Waals surface area (Å²) < 4.78 is 43.0. The normalized spacial score (nSPS) is 11.1. The Balaban J connectivity index is 1.57. The van der Waals surface area contributed by atoms with E-state index in [0.29, 0.717) is 18.1 Å². The maximum Gasteiger partial charge on any atom is 0.416 e. The highest BCUT2D eigenvalue weighted by molar-refractivity contribution is 5.54. The minimum atomic E-state index is -4.37. The van der Waals surface area contributed by atoms with Crippen LogP contribution in [-0.4, -0.2) is 28.8 Å². The quantitative estimate of drug-likeness (QED) is 0.628. The molecule has 146 valence electrons. The zero-order valence-electron chi connectivity index (χ0n) is 15.0. The zero-order valence-corrected chi connectivity index (χ0v) is 15.0. The van der Waals surface area contributed by atoms with Gasteiger partial charge in [0.25, 0.3) is 0 Å². The summed E-state index contributed by atoms with van der Waals surface area (Å²) in [5.41, 5.74) is 0.824. The van der Waals surface area contributed by atoms with Crippen LogP contribution in [-0.2, 0) is 12.6 Å². The zero-order chi connectivity index (χ0) is 20.0. The molecule has 0 spiro atoms. The fraction of sp³-hybridized carbons (Fsp3) is 0.211. The van der Waals surface area contributed by atoms with Crippen LogP contribution in [0.5, 0.6) is 5.75 Å². The van der Waals surface area contributed by atoms with Crippen molar-refractivity contribution in [1.82, 2.24) is 15.2 Å². The lowest BCUT2D eigenvalue weighted by Gasteiger charge is -2.10. The fourth-order valence-corrected chi connectivity index (χ4v) is 2.48. The number of methoxy groups -OCH3 is 1. The Labute approximate surface area is 159 Å². The predicted molar refractivity (Wildman–Crippen MR) is 99.7 cm³/mol. The molecule has 0 bridgehead atoms. The lowest BCUT2D eigenvalue weighted by Crippen LogP contribution is -2.09. The van der Waals surface area contributed by atoms with Crippen molar-refractivity contribution in [1.29, 1.82) is 0 Å². The smallest absolute Gasteiger partial charge is 0.416 e. The Bertz CT molecular complexity index is 916. The van der Waals surface area contributed by atoms with E-state index in [-0.39, 0.29) is 5.95 Å². The molecule has 1 heterocycles. The average Bonchev–Trinajstić information content (AvgIpc) is 2.68. The van der Waals surface area contributed by atoms with Gasteiger partial charge in [0.2, 0.25) is 5.95 Å². The van der Waals surface area contributed by atoms with Crippen molar-refractivity contribution in [2.45, 2.75) is 12.6 Å². The number of ether oxygens (including phenoxy) is 1. The largest absolute Gasteiger partial charge is 0.497 e. The highest BCUT2D eigenvalue weighted by Gasteiger charge is 2.29. The van der Waals surface area contributed by atoms with E-state index in [1.807, 2.05) is 24.3 Å². The summed E-state index contributed by atoms with van der Waals surface area (Å²) in [6, 6.07) is 12.4. The lowest BCUT2D eigenvalue weighted by molar-refractivity contribution is -0.137. The number of alkyl halides is 3. The Kier molecular flexibility index (Phi) is 5.93. The molecule has 3 rings (SSSR count). The van der Waals surface area contributed by atoms with Crippen LogP contribution in [0.3, 0.4) is 0 Å². The summed E-state index contributed by atoms with van der Waals surface area (Å²) in [6.45, 7) is 0.617. The molecule has 0 aliphatic carbocycles. The van der Waals surface area contributed by atoms with Crippen LogP contribution in [0.1, 0.15) is 11.1 Å². The number of hydrogen-bond donors (Lipinski definition) is 2. The average molecular weight is 389 g/mol. The Morgan fingerprint density at radius 1 is 1.07 bits per heavy atom. The van der Waals surface area contributed by atoms with Crippen LogP contribution in [0.2, 0.25) is 0 Å². The summed E-state index contributed by atoms with van der Waals surface area (Å²) in [5, 5.41) is 13.7. The van der Waals surface area contributed by atoms with Crippen LogP contribution < -0.4 is 15.4 Å². The van der Waals surface area contributed by atoms with E-state index >= 15 is 0 Å². The summed E-state index contributed by atoms with van der Waals surface area (Å²) >= 11 is 0. The monoisotopic (exact) mass is 389 g/mol. The fourth-order valence-electron chi connectivity index (χ4n) is 2.48. The van der Waals surface area contributed by atoms with Crippen molar-refractivity contribution >= 4 is 17.5 Å². The highest BCUT2D eigenvalue weighted by Crippen LogP contribution is 2.30. The molecule has 6 nitrogen and oxygen atoms in total. The third-order valence-corrected chi connectivity index (χ3v) is 3.88. The van der Waals surface area contributed by atoms with E-state index in [0.717, 1.165) is 29.9 Å². The van der Waals surface area contributed by atoms with Crippen molar-refractivity contribution in [2.75, 3.05) is 24.3 Å². The second-order valence-electron chi connectivity index (χ2n) is 5.89. The molecule has 0 radical (unpaired) electrons. The van der Waals surface area contributed by atoms with Gasteiger partial charge >= 0.3 is 6.18 Å². The van der Waals surface area contributed by atoms with E-state index in [1.165, 1.54) is 18.3 Å².